The average Bonchev–Trinajstić information content (AvgIpc) is 2.63. The van der Waals surface area contributed by atoms with Crippen molar-refractivity contribution < 1.29 is 9.53 Å². The molecule has 1 aromatic rings. The number of hydrogen-bond donors (Lipinski definition) is 2. The third kappa shape index (κ3) is 4.96. The van der Waals surface area contributed by atoms with Gasteiger partial charge in [-0.25, -0.2) is 0 Å². The van der Waals surface area contributed by atoms with Crippen LogP contribution in [-0.2, 0) is 9.53 Å². The van der Waals surface area contributed by atoms with Gasteiger partial charge in [0.15, 0.2) is 4.34 Å². The third-order valence-electron chi connectivity index (χ3n) is 1.33. The van der Waals surface area contributed by atoms with Crippen molar-refractivity contribution in [2.24, 2.45) is 5.73 Å². The van der Waals surface area contributed by atoms with Crippen LogP contribution in [0.1, 0.15) is 0 Å². The maximum Gasteiger partial charge on any atom is 0.227 e. The van der Waals surface area contributed by atoms with Crippen LogP contribution in [0.15, 0.2) is 4.34 Å². The molecule has 1 aromatic heterocycles. The molecule has 0 saturated carbocycles. The second-order valence-electron chi connectivity index (χ2n) is 2.55. The Hall–Kier alpha value is -0.860. The van der Waals surface area contributed by atoms with Crippen LogP contribution >= 0.6 is 23.1 Å². The molecular formula is C7H12N4O2S2. The number of methoxy groups -OCH3 is 1. The number of ether oxygens (including phenoxy) is 1. The fourth-order valence-corrected chi connectivity index (χ4v) is 2.25. The molecule has 84 valence electrons. The summed E-state index contributed by atoms with van der Waals surface area (Å²) in [6, 6.07) is 0. The molecule has 0 aliphatic heterocycles. The predicted octanol–water partition coefficient (Wildman–Crippen LogP) is 0.174. The van der Waals surface area contributed by atoms with E-state index >= 15 is 0 Å². The number of anilines is 1. The van der Waals surface area contributed by atoms with Crippen LogP contribution in [0.3, 0.4) is 0 Å². The van der Waals surface area contributed by atoms with E-state index in [1.807, 2.05) is 0 Å². The SMILES string of the molecule is COCCNc1nnc(SCC(N)=O)s1. The van der Waals surface area contributed by atoms with Gasteiger partial charge in [0.05, 0.1) is 12.4 Å². The van der Waals surface area contributed by atoms with Crippen LogP contribution in [0.5, 0.6) is 0 Å². The summed E-state index contributed by atoms with van der Waals surface area (Å²) in [5.74, 6) is -0.128. The first-order valence-electron chi connectivity index (χ1n) is 4.20. The number of nitrogens with one attached hydrogen (secondary N) is 1. The zero-order valence-electron chi connectivity index (χ0n) is 8.23. The number of aromatic nitrogens is 2. The maximum atomic E-state index is 10.5. The van der Waals surface area contributed by atoms with Gasteiger partial charge in [-0.3, -0.25) is 4.79 Å². The van der Waals surface area contributed by atoms with Gasteiger partial charge in [0.25, 0.3) is 0 Å². The minimum Gasteiger partial charge on any atom is -0.383 e. The van der Waals surface area contributed by atoms with Crippen molar-refractivity contribution in [2.75, 3.05) is 31.3 Å². The second kappa shape index (κ2) is 6.59. The van der Waals surface area contributed by atoms with Gasteiger partial charge in [-0.2, -0.15) is 0 Å². The molecule has 8 heteroatoms. The number of amides is 1. The first kappa shape index (κ1) is 12.2. The number of carbonyl (C=O) groups excluding carboxylic acids is 1. The van der Waals surface area contributed by atoms with Gasteiger partial charge in [-0.05, 0) is 0 Å². The summed E-state index contributed by atoms with van der Waals surface area (Å²) >= 11 is 2.68. The summed E-state index contributed by atoms with van der Waals surface area (Å²) in [7, 11) is 1.63. The Morgan fingerprint density at radius 1 is 1.67 bits per heavy atom. The van der Waals surface area contributed by atoms with E-state index in [2.05, 4.69) is 15.5 Å². The van der Waals surface area contributed by atoms with Gasteiger partial charge in [-0.15, -0.1) is 10.2 Å². The first-order valence-corrected chi connectivity index (χ1v) is 6.00. The van der Waals surface area contributed by atoms with Crippen molar-refractivity contribution in [2.45, 2.75) is 4.34 Å². The molecule has 1 amide bonds. The Bertz CT molecular complexity index is 318. The lowest BCUT2D eigenvalue weighted by Gasteiger charge is -1.98. The highest BCUT2D eigenvalue weighted by Crippen LogP contribution is 2.24. The largest absolute Gasteiger partial charge is 0.383 e. The van der Waals surface area contributed by atoms with Gasteiger partial charge >= 0.3 is 0 Å². The molecule has 0 aliphatic rings. The highest BCUT2D eigenvalue weighted by Gasteiger charge is 2.05. The zero-order valence-corrected chi connectivity index (χ0v) is 9.86. The summed E-state index contributed by atoms with van der Waals surface area (Å²) in [6.45, 7) is 1.30. The molecule has 0 spiro atoms. The fraction of sp³-hybridized carbons (Fsp3) is 0.571. The molecule has 1 rings (SSSR count). The molecule has 0 bridgehead atoms. The van der Waals surface area contributed by atoms with E-state index in [-0.39, 0.29) is 11.7 Å². The molecule has 0 aliphatic carbocycles. The van der Waals surface area contributed by atoms with E-state index in [0.29, 0.717) is 13.2 Å². The molecule has 0 unspecified atom stereocenters. The first-order chi connectivity index (χ1) is 7.22. The van der Waals surface area contributed by atoms with E-state index in [1.165, 1.54) is 23.1 Å². The van der Waals surface area contributed by atoms with Gasteiger partial charge in [-0.1, -0.05) is 23.1 Å². The van der Waals surface area contributed by atoms with E-state index in [1.54, 1.807) is 7.11 Å². The lowest BCUT2D eigenvalue weighted by Crippen LogP contribution is -2.12. The number of thioether (sulfide) groups is 1. The summed E-state index contributed by atoms with van der Waals surface area (Å²) < 4.78 is 5.61. The minimum atomic E-state index is -0.357. The number of nitrogens with two attached hydrogens (primary N) is 1. The standard InChI is InChI=1S/C7H12N4O2S2/c1-13-3-2-9-6-10-11-7(15-6)14-4-5(8)12/h2-4H2,1H3,(H2,8,12)(H,9,10). The molecule has 0 saturated heterocycles. The second-order valence-corrected chi connectivity index (χ2v) is 4.75. The monoisotopic (exact) mass is 248 g/mol. The van der Waals surface area contributed by atoms with Crippen molar-refractivity contribution in [3.8, 4) is 0 Å². The van der Waals surface area contributed by atoms with E-state index in [9.17, 15) is 4.79 Å². The summed E-state index contributed by atoms with van der Waals surface area (Å²) in [6.07, 6.45) is 0. The number of primary amides is 1. The third-order valence-corrected chi connectivity index (χ3v) is 3.36. The molecule has 0 radical (unpaired) electrons. The van der Waals surface area contributed by atoms with Crippen LogP contribution in [-0.4, -0.2) is 42.1 Å². The Kier molecular flexibility index (Phi) is 5.37. The normalized spacial score (nSPS) is 10.2. The summed E-state index contributed by atoms with van der Waals surface area (Å²) in [5.41, 5.74) is 5.01. The number of hydrogen-bond acceptors (Lipinski definition) is 7. The van der Waals surface area contributed by atoms with Gasteiger partial charge < -0.3 is 15.8 Å². The lowest BCUT2D eigenvalue weighted by molar-refractivity contribution is -0.115. The number of rotatable bonds is 7. The van der Waals surface area contributed by atoms with Crippen LogP contribution in [0.25, 0.3) is 0 Å². The van der Waals surface area contributed by atoms with Crippen molar-refractivity contribution in [3.05, 3.63) is 0 Å². The highest BCUT2D eigenvalue weighted by atomic mass is 32.2. The zero-order chi connectivity index (χ0) is 11.1. The van der Waals surface area contributed by atoms with Gasteiger partial charge in [0, 0.05) is 13.7 Å². The molecular weight excluding hydrogens is 236 g/mol. The Balaban J connectivity index is 2.32. The topological polar surface area (TPSA) is 90.1 Å². The summed E-state index contributed by atoms with van der Waals surface area (Å²) in [5, 5.41) is 11.5. The molecule has 6 nitrogen and oxygen atoms in total. The molecule has 1 heterocycles. The van der Waals surface area contributed by atoms with Gasteiger partial charge in [0.2, 0.25) is 11.0 Å². The van der Waals surface area contributed by atoms with E-state index in [0.717, 1.165) is 9.47 Å². The van der Waals surface area contributed by atoms with Crippen LogP contribution in [0.4, 0.5) is 5.13 Å². The average molecular weight is 248 g/mol. The number of nitrogens with zero attached hydrogens (tertiary/aromatic N) is 2. The Morgan fingerprint density at radius 2 is 2.47 bits per heavy atom. The van der Waals surface area contributed by atoms with Crippen LogP contribution in [0, 0.1) is 0 Å². The van der Waals surface area contributed by atoms with Gasteiger partial charge in [0.1, 0.15) is 0 Å². The smallest absolute Gasteiger partial charge is 0.227 e. The Labute approximate surface area is 95.6 Å². The minimum absolute atomic E-state index is 0.229. The molecule has 0 aromatic carbocycles. The fourth-order valence-electron chi connectivity index (χ4n) is 0.732. The van der Waals surface area contributed by atoms with Crippen LogP contribution in [0.2, 0.25) is 0 Å². The van der Waals surface area contributed by atoms with E-state index < -0.39 is 0 Å². The van der Waals surface area contributed by atoms with Crippen molar-refractivity contribution in [1.82, 2.24) is 10.2 Å². The molecule has 0 fully saturated rings. The van der Waals surface area contributed by atoms with E-state index in [4.69, 9.17) is 10.5 Å². The Morgan fingerprint density at radius 3 is 3.13 bits per heavy atom. The van der Waals surface area contributed by atoms with Crippen LogP contribution < -0.4 is 11.1 Å². The van der Waals surface area contributed by atoms with Crippen molar-refractivity contribution in [1.29, 1.82) is 0 Å². The van der Waals surface area contributed by atoms with Crippen molar-refractivity contribution >= 4 is 34.1 Å². The maximum absolute atomic E-state index is 10.5. The predicted molar refractivity (Wildman–Crippen MR) is 60.2 cm³/mol. The molecule has 0 atom stereocenters. The number of carbonyl (C=O) groups is 1. The summed E-state index contributed by atoms with van der Waals surface area (Å²) in [4.78, 5) is 10.5. The van der Waals surface area contributed by atoms with Crippen molar-refractivity contribution in [3.63, 3.8) is 0 Å². The lowest BCUT2D eigenvalue weighted by atomic mass is 10.7. The molecule has 15 heavy (non-hydrogen) atoms. The molecule has 3 N–H and O–H groups in total. The highest BCUT2D eigenvalue weighted by molar-refractivity contribution is 8.01. The quantitative estimate of drug-likeness (QED) is 0.528.